The van der Waals surface area contributed by atoms with Crippen molar-refractivity contribution in [2.24, 2.45) is 0 Å². The zero-order valence-corrected chi connectivity index (χ0v) is 7.94. The second-order valence-corrected chi connectivity index (χ2v) is 3.20. The van der Waals surface area contributed by atoms with E-state index < -0.39 is 0 Å². The Bertz CT molecular complexity index is 437. The first kappa shape index (κ1) is 8.75. The molecule has 1 N–H and O–H groups in total. The summed E-state index contributed by atoms with van der Waals surface area (Å²) >= 11 is 0. The van der Waals surface area contributed by atoms with Gasteiger partial charge >= 0.3 is 0 Å². The van der Waals surface area contributed by atoms with Gasteiger partial charge in [0.25, 0.3) is 0 Å². The molecule has 1 aromatic heterocycles. The summed E-state index contributed by atoms with van der Waals surface area (Å²) in [6.07, 6.45) is 3.23. The van der Waals surface area contributed by atoms with Crippen LogP contribution in [0.15, 0.2) is 42.7 Å². The molecule has 0 atom stereocenters. The fraction of sp³-hybridized carbons (Fsp3) is 0.0833. The molecule has 0 bridgehead atoms. The highest BCUT2D eigenvalue weighted by Crippen LogP contribution is 2.27. The van der Waals surface area contributed by atoms with Crippen LogP contribution in [0.3, 0.4) is 0 Å². The highest BCUT2D eigenvalue weighted by atomic mass is 16.3. The van der Waals surface area contributed by atoms with Crippen molar-refractivity contribution in [3.63, 3.8) is 0 Å². The Balaban J connectivity index is 2.58. The third kappa shape index (κ3) is 1.46. The van der Waals surface area contributed by atoms with E-state index in [0.717, 1.165) is 16.7 Å². The summed E-state index contributed by atoms with van der Waals surface area (Å²) < 4.78 is 0. The van der Waals surface area contributed by atoms with Crippen LogP contribution < -0.4 is 0 Å². The smallest absolute Gasteiger partial charge is 0.137 e. The standard InChI is InChI=1S/C12H11NO/c1-9-11(7-13-8-12(9)14)10-5-3-2-4-6-10/h2-8,14H,1H3. The van der Waals surface area contributed by atoms with Gasteiger partial charge in [-0.3, -0.25) is 4.98 Å². The fourth-order valence-corrected chi connectivity index (χ4v) is 1.42. The van der Waals surface area contributed by atoms with Gasteiger partial charge in [0.1, 0.15) is 5.75 Å². The van der Waals surface area contributed by atoms with Crippen LogP contribution in [0.25, 0.3) is 11.1 Å². The van der Waals surface area contributed by atoms with Crippen LogP contribution in [-0.2, 0) is 0 Å². The lowest BCUT2D eigenvalue weighted by Crippen LogP contribution is -1.85. The van der Waals surface area contributed by atoms with Gasteiger partial charge in [-0.05, 0) is 12.5 Å². The first-order chi connectivity index (χ1) is 6.79. The largest absolute Gasteiger partial charge is 0.506 e. The molecule has 0 aliphatic rings. The van der Waals surface area contributed by atoms with Crippen molar-refractivity contribution in [2.45, 2.75) is 6.92 Å². The second kappa shape index (κ2) is 3.50. The molecule has 2 nitrogen and oxygen atoms in total. The lowest BCUT2D eigenvalue weighted by atomic mass is 10.0. The van der Waals surface area contributed by atoms with Crippen LogP contribution >= 0.6 is 0 Å². The SMILES string of the molecule is Cc1c(O)cncc1-c1ccccc1. The van der Waals surface area contributed by atoms with Gasteiger partial charge in [0.15, 0.2) is 0 Å². The minimum atomic E-state index is 0.242. The molecule has 0 aliphatic carbocycles. The number of aromatic hydroxyl groups is 1. The highest BCUT2D eigenvalue weighted by Gasteiger charge is 2.04. The van der Waals surface area contributed by atoms with Crippen molar-refractivity contribution in [3.05, 3.63) is 48.3 Å². The molecule has 14 heavy (non-hydrogen) atoms. The molecule has 0 fully saturated rings. The van der Waals surface area contributed by atoms with Gasteiger partial charge in [-0.1, -0.05) is 30.3 Å². The second-order valence-electron chi connectivity index (χ2n) is 3.20. The van der Waals surface area contributed by atoms with Gasteiger partial charge in [-0.2, -0.15) is 0 Å². The Morgan fingerprint density at radius 2 is 1.79 bits per heavy atom. The summed E-state index contributed by atoms with van der Waals surface area (Å²) in [4.78, 5) is 3.97. The maximum absolute atomic E-state index is 9.50. The van der Waals surface area contributed by atoms with Crippen molar-refractivity contribution in [1.29, 1.82) is 0 Å². The lowest BCUT2D eigenvalue weighted by Gasteiger charge is -2.06. The molecule has 0 radical (unpaired) electrons. The summed E-state index contributed by atoms with van der Waals surface area (Å²) in [7, 11) is 0. The molecule has 0 aliphatic heterocycles. The van der Waals surface area contributed by atoms with Gasteiger partial charge in [-0.25, -0.2) is 0 Å². The average molecular weight is 185 g/mol. The molecule has 70 valence electrons. The summed E-state index contributed by atoms with van der Waals surface area (Å²) in [6, 6.07) is 9.92. The molecule has 0 saturated heterocycles. The Morgan fingerprint density at radius 3 is 2.50 bits per heavy atom. The molecule has 1 heterocycles. The van der Waals surface area contributed by atoms with E-state index in [1.807, 2.05) is 37.3 Å². The summed E-state index contributed by atoms with van der Waals surface area (Å²) in [6.45, 7) is 1.89. The first-order valence-electron chi connectivity index (χ1n) is 4.48. The minimum absolute atomic E-state index is 0.242. The predicted molar refractivity (Wildman–Crippen MR) is 56.1 cm³/mol. The van der Waals surface area contributed by atoms with Gasteiger partial charge in [0.2, 0.25) is 0 Å². The van der Waals surface area contributed by atoms with E-state index in [9.17, 15) is 5.11 Å². The predicted octanol–water partition coefficient (Wildman–Crippen LogP) is 2.76. The summed E-state index contributed by atoms with van der Waals surface area (Å²) in [5.74, 6) is 0.242. The minimum Gasteiger partial charge on any atom is -0.506 e. The molecule has 1 aromatic carbocycles. The first-order valence-corrected chi connectivity index (χ1v) is 4.48. The zero-order chi connectivity index (χ0) is 9.97. The molecule has 0 spiro atoms. The number of aromatic nitrogens is 1. The van der Waals surface area contributed by atoms with Gasteiger partial charge in [-0.15, -0.1) is 0 Å². The highest BCUT2D eigenvalue weighted by molar-refractivity contribution is 5.68. The fourth-order valence-electron chi connectivity index (χ4n) is 1.42. The van der Waals surface area contributed by atoms with Gasteiger partial charge in [0, 0.05) is 17.3 Å². The van der Waals surface area contributed by atoms with E-state index >= 15 is 0 Å². The molecule has 0 amide bonds. The van der Waals surface area contributed by atoms with Crippen LogP contribution in [0.1, 0.15) is 5.56 Å². The third-order valence-corrected chi connectivity index (χ3v) is 2.27. The Hall–Kier alpha value is -1.83. The van der Waals surface area contributed by atoms with Crippen LogP contribution in [0.4, 0.5) is 0 Å². The number of hydrogen-bond acceptors (Lipinski definition) is 2. The van der Waals surface area contributed by atoms with Crippen LogP contribution in [0, 0.1) is 6.92 Å². The van der Waals surface area contributed by atoms with E-state index in [2.05, 4.69) is 4.98 Å². The topological polar surface area (TPSA) is 33.1 Å². The van der Waals surface area contributed by atoms with Crippen molar-refractivity contribution in [1.82, 2.24) is 4.98 Å². The number of hydrogen-bond donors (Lipinski definition) is 1. The zero-order valence-electron chi connectivity index (χ0n) is 7.94. The monoisotopic (exact) mass is 185 g/mol. The Morgan fingerprint density at radius 1 is 1.07 bits per heavy atom. The molecular weight excluding hydrogens is 174 g/mol. The molecule has 2 heteroatoms. The van der Waals surface area contributed by atoms with Crippen molar-refractivity contribution in [3.8, 4) is 16.9 Å². The maximum atomic E-state index is 9.50. The summed E-state index contributed by atoms with van der Waals surface area (Å²) in [5, 5.41) is 9.50. The molecular formula is C12H11NO. The van der Waals surface area contributed by atoms with Crippen molar-refractivity contribution < 1.29 is 5.11 Å². The quantitative estimate of drug-likeness (QED) is 0.741. The van der Waals surface area contributed by atoms with Gasteiger partial charge < -0.3 is 5.11 Å². The Kier molecular flexibility index (Phi) is 2.19. The van der Waals surface area contributed by atoms with E-state index in [-0.39, 0.29) is 5.75 Å². The van der Waals surface area contributed by atoms with Gasteiger partial charge in [0.05, 0.1) is 6.20 Å². The Labute approximate surface area is 82.9 Å². The number of nitrogens with zero attached hydrogens (tertiary/aromatic N) is 1. The van der Waals surface area contributed by atoms with E-state index in [0.29, 0.717) is 0 Å². The number of rotatable bonds is 1. The number of pyridine rings is 1. The number of benzene rings is 1. The van der Waals surface area contributed by atoms with E-state index in [4.69, 9.17) is 0 Å². The third-order valence-electron chi connectivity index (χ3n) is 2.27. The van der Waals surface area contributed by atoms with Crippen LogP contribution in [0.2, 0.25) is 0 Å². The van der Waals surface area contributed by atoms with Crippen molar-refractivity contribution >= 4 is 0 Å². The lowest BCUT2D eigenvalue weighted by molar-refractivity contribution is 0.469. The van der Waals surface area contributed by atoms with Crippen LogP contribution in [-0.4, -0.2) is 10.1 Å². The molecule has 2 aromatic rings. The summed E-state index contributed by atoms with van der Waals surface area (Å²) in [5.41, 5.74) is 2.92. The van der Waals surface area contributed by atoms with Crippen molar-refractivity contribution in [2.75, 3.05) is 0 Å². The average Bonchev–Trinajstić information content (AvgIpc) is 2.23. The molecule has 0 unspecified atom stereocenters. The van der Waals surface area contributed by atoms with E-state index in [1.54, 1.807) is 6.20 Å². The molecule has 0 saturated carbocycles. The van der Waals surface area contributed by atoms with Crippen LogP contribution in [0.5, 0.6) is 5.75 Å². The maximum Gasteiger partial charge on any atom is 0.137 e. The normalized spacial score (nSPS) is 10.1. The molecule has 2 rings (SSSR count). The van der Waals surface area contributed by atoms with E-state index in [1.165, 1.54) is 6.20 Å².